The van der Waals surface area contributed by atoms with E-state index < -0.39 is 5.97 Å². The summed E-state index contributed by atoms with van der Waals surface area (Å²) >= 11 is 9.45. The van der Waals surface area contributed by atoms with Gasteiger partial charge in [0.1, 0.15) is 0 Å². The van der Waals surface area contributed by atoms with Gasteiger partial charge in [-0.3, -0.25) is 14.6 Å². The molecule has 1 saturated heterocycles. The average Bonchev–Trinajstić information content (AvgIpc) is 2.42. The van der Waals surface area contributed by atoms with Crippen LogP contribution < -0.4 is 0 Å². The first-order chi connectivity index (χ1) is 10.4. The number of nitrogens with zero attached hydrogens (tertiary/aromatic N) is 2. The largest absolute Gasteiger partial charge is 0.480 e. The summed E-state index contributed by atoms with van der Waals surface area (Å²) in [5.41, 5.74) is 1.19. The number of hydrogen-bond donors (Lipinski definition) is 1. The van der Waals surface area contributed by atoms with Gasteiger partial charge in [-0.05, 0) is 40.7 Å². The van der Waals surface area contributed by atoms with Crippen LogP contribution in [0, 0.1) is 0 Å². The maximum absolute atomic E-state index is 10.7. The van der Waals surface area contributed by atoms with E-state index in [1.165, 1.54) is 5.56 Å². The topological polar surface area (TPSA) is 53.0 Å². The fraction of sp³-hybridized carbons (Fsp3) is 0.533. The number of carboxylic acid groups (broad SMARTS) is 1. The van der Waals surface area contributed by atoms with E-state index in [0.29, 0.717) is 18.2 Å². The number of likely N-dealkylation sites (N-methyl/N-ethyl adjacent to an activating group) is 1. The Labute approximate surface area is 143 Å². The van der Waals surface area contributed by atoms with Gasteiger partial charge in [0, 0.05) is 30.7 Å². The molecule has 1 atom stereocenters. The molecule has 1 fully saturated rings. The second kappa shape index (κ2) is 8.26. The summed E-state index contributed by atoms with van der Waals surface area (Å²) in [4.78, 5) is 14.8. The van der Waals surface area contributed by atoms with Crippen LogP contribution in [0.2, 0.25) is 5.02 Å². The standard InChI is InChI=1S/C15H20BrClN2O3/c1-18(10-15(20)21)8-12-9-19(4-5-22-12)7-11-2-3-14(17)13(16)6-11/h2-3,6,12H,4-5,7-10H2,1H3,(H,20,21). The number of rotatable bonds is 6. The molecule has 1 unspecified atom stereocenters. The van der Waals surface area contributed by atoms with E-state index in [4.69, 9.17) is 21.4 Å². The molecule has 5 nitrogen and oxygen atoms in total. The van der Waals surface area contributed by atoms with Crippen molar-refractivity contribution in [1.82, 2.24) is 9.80 Å². The molecule has 1 aromatic carbocycles. The fourth-order valence-electron chi connectivity index (χ4n) is 2.57. The zero-order valence-corrected chi connectivity index (χ0v) is 14.8. The Bertz CT molecular complexity index is 530. The number of ether oxygens (including phenoxy) is 1. The van der Waals surface area contributed by atoms with Gasteiger partial charge in [0.05, 0.1) is 24.3 Å². The highest BCUT2D eigenvalue weighted by Crippen LogP contribution is 2.24. The minimum atomic E-state index is -0.818. The summed E-state index contributed by atoms with van der Waals surface area (Å²) in [5, 5.41) is 9.51. The average molecular weight is 392 g/mol. The molecule has 1 N–H and O–H groups in total. The van der Waals surface area contributed by atoms with E-state index in [1.54, 1.807) is 11.9 Å². The van der Waals surface area contributed by atoms with Gasteiger partial charge in [0.15, 0.2) is 0 Å². The summed E-state index contributed by atoms with van der Waals surface area (Å²) in [5.74, 6) is -0.818. The Hall–Kier alpha value is -0.660. The van der Waals surface area contributed by atoms with Crippen LogP contribution in [0.3, 0.4) is 0 Å². The van der Waals surface area contributed by atoms with Crippen LogP contribution in [0.15, 0.2) is 22.7 Å². The van der Waals surface area contributed by atoms with Crippen molar-refractivity contribution < 1.29 is 14.6 Å². The normalized spacial score (nSPS) is 19.5. The summed E-state index contributed by atoms with van der Waals surface area (Å²) in [7, 11) is 1.80. The van der Waals surface area contributed by atoms with Crippen LogP contribution in [0.1, 0.15) is 5.56 Å². The number of carbonyl (C=O) groups is 1. The molecule has 122 valence electrons. The quantitative estimate of drug-likeness (QED) is 0.806. The number of benzene rings is 1. The molecule has 0 aliphatic carbocycles. The van der Waals surface area contributed by atoms with Crippen LogP contribution in [-0.4, -0.2) is 66.8 Å². The van der Waals surface area contributed by atoms with Crippen molar-refractivity contribution in [3.63, 3.8) is 0 Å². The number of halogens is 2. The highest BCUT2D eigenvalue weighted by molar-refractivity contribution is 9.10. The van der Waals surface area contributed by atoms with Gasteiger partial charge >= 0.3 is 5.97 Å². The lowest BCUT2D eigenvalue weighted by molar-refractivity contribution is -0.138. The number of hydrogen-bond acceptors (Lipinski definition) is 4. The highest BCUT2D eigenvalue weighted by atomic mass is 79.9. The molecule has 7 heteroatoms. The van der Waals surface area contributed by atoms with Crippen LogP contribution in [0.25, 0.3) is 0 Å². The van der Waals surface area contributed by atoms with Gasteiger partial charge in [-0.2, -0.15) is 0 Å². The molecule has 0 radical (unpaired) electrons. The smallest absolute Gasteiger partial charge is 0.317 e. The van der Waals surface area contributed by atoms with Crippen molar-refractivity contribution in [1.29, 1.82) is 0 Å². The van der Waals surface area contributed by atoms with Gasteiger partial charge in [0.25, 0.3) is 0 Å². The molecule has 0 bridgehead atoms. The molecular weight excluding hydrogens is 372 g/mol. The number of carboxylic acids is 1. The summed E-state index contributed by atoms with van der Waals surface area (Å²) in [6.07, 6.45) is 0.0360. The summed E-state index contributed by atoms with van der Waals surface area (Å²) in [6.45, 7) is 3.82. The first-order valence-corrected chi connectivity index (χ1v) is 8.29. The Kier molecular flexibility index (Phi) is 6.65. The highest BCUT2D eigenvalue weighted by Gasteiger charge is 2.22. The number of morpholine rings is 1. The molecule has 1 aromatic rings. The molecule has 2 rings (SSSR count). The third kappa shape index (κ3) is 5.52. The van der Waals surface area contributed by atoms with E-state index in [2.05, 4.69) is 20.8 Å². The lowest BCUT2D eigenvalue weighted by Crippen LogP contribution is -2.47. The lowest BCUT2D eigenvalue weighted by Gasteiger charge is -2.34. The molecule has 0 saturated carbocycles. The maximum Gasteiger partial charge on any atom is 0.317 e. The molecule has 0 aromatic heterocycles. The second-order valence-electron chi connectivity index (χ2n) is 5.57. The monoisotopic (exact) mass is 390 g/mol. The van der Waals surface area contributed by atoms with Gasteiger partial charge in [0.2, 0.25) is 0 Å². The Morgan fingerprint density at radius 2 is 2.36 bits per heavy atom. The van der Waals surface area contributed by atoms with Crippen LogP contribution in [-0.2, 0) is 16.1 Å². The van der Waals surface area contributed by atoms with E-state index >= 15 is 0 Å². The van der Waals surface area contributed by atoms with E-state index in [1.807, 2.05) is 18.2 Å². The fourth-order valence-corrected chi connectivity index (χ4v) is 3.12. The zero-order valence-electron chi connectivity index (χ0n) is 12.5. The molecule has 1 aliphatic rings. The molecule has 22 heavy (non-hydrogen) atoms. The van der Waals surface area contributed by atoms with E-state index in [0.717, 1.165) is 24.1 Å². The predicted molar refractivity (Wildman–Crippen MR) is 89.3 cm³/mol. The lowest BCUT2D eigenvalue weighted by atomic mass is 10.2. The minimum Gasteiger partial charge on any atom is -0.480 e. The van der Waals surface area contributed by atoms with Crippen LogP contribution in [0.5, 0.6) is 0 Å². The van der Waals surface area contributed by atoms with Gasteiger partial charge in [-0.1, -0.05) is 17.7 Å². The Morgan fingerprint density at radius 1 is 1.59 bits per heavy atom. The van der Waals surface area contributed by atoms with Crippen molar-refractivity contribution in [2.24, 2.45) is 0 Å². The Balaban J connectivity index is 1.87. The second-order valence-corrected chi connectivity index (χ2v) is 6.83. The van der Waals surface area contributed by atoms with E-state index in [-0.39, 0.29) is 12.6 Å². The first kappa shape index (κ1) is 17.7. The molecule has 0 spiro atoms. The van der Waals surface area contributed by atoms with E-state index in [9.17, 15) is 4.79 Å². The van der Waals surface area contributed by atoms with Crippen molar-refractivity contribution in [2.45, 2.75) is 12.6 Å². The maximum atomic E-state index is 10.7. The molecule has 0 amide bonds. The van der Waals surface area contributed by atoms with Crippen molar-refractivity contribution >= 4 is 33.5 Å². The van der Waals surface area contributed by atoms with Gasteiger partial charge in [-0.25, -0.2) is 0 Å². The SMILES string of the molecule is CN(CC(=O)O)CC1CN(Cc2ccc(Cl)c(Br)c2)CCO1. The van der Waals surface area contributed by atoms with Crippen LogP contribution in [0.4, 0.5) is 0 Å². The van der Waals surface area contributed by atoms with Crippen LogP contribution >= 0.6 is 27.5 Å². The minimum absolute atomic E-state index is 0.0317. The summed E-state index contributed by atoms with van der Waals surface area (Å²) in [6, 6.07) is 5.94. The van der Waals surface area contributed by atoms with Gasteiger partial charge < -0.3 is 9.84 Å². The third-order valence-corrected chi connectivity index (χ3v) is 4.75. The third-order valence-electron chi connectivity index (χ3n) is 3.53. The molecule has 1 aliphatic heterocycles. The zero-order chi connectivity index (χ0) is 16.1. The van der Waals surface area contributed by atoms with Crippen molar-refractivity contribution in [3.05, 3.63) is 33.3 Å². The van der Waals surface area contributed by atoms with Crippen molar-refractivity contribution in [2.75, 3.05) is 39.8 Å². The molecular formula is C15H20BrClN2O3. The first-order valence-electron chi connectivity index (χ1n) is 7.12. The number of aliphatic carboxylic acids is 1. The predicted octanol–water partition coefficient (Wildman–Crippen LogP) is 2.32. The van der Waals surface area contributed by atoms with Crippen molar-refractivity contribution in [3.8, 4) is 0 Å². The summed E-state index contributed by atoms with van der Waals surface area (Å²) < 4.78 is 6.63. The Morgan fingerprint density at radius 3 is 3.05 bits per heavy atom. The van der Waals surface area contributed by atoms with Gasteiger partial charge in [-0.15, -0.1) is 0 Å². The molecule has 1 heterocycles.